The van der Waals surface area contributed by atoms with Crippen LogP contribution in [0.15, 0.2) is 18.2 Å². The topological polar surface area (TPSA) is 107 Å². The molecule has 1 aliphatic rings. The number of hydrogen-bond acceptors (Lipinski definition) is 5. The highest BCUT2D eigenvalue weighted by molar-refractivity contribution is 5.76. The van der Waals surface area contributed by atoms with Crippen molar-refractivity contribution in [3.05, 3.63) is 33.9 Å². The van der Waals surface area contributed by atoms with Gasteiger partial charge in [0.25, 0.3) is 5.69 Å². The number of aliphatic carboxylic acids is 1. The van der Waals surface area contributed by atoms with E-state index in [2.05, 4.69) is 0 Å². The van der Waals surface area contributed by atoms with Crippen LogP contribution in [0.1, 0.15) is 25.3 Å². The minimum absolute atomic E-state index is 0.145. The Kier molecular flexibility index (Phi) is 3.80. The molecule has 0 radical (unpaired) electrons. The molecule has 1 fully saturated rings. The molecule has 1 aliphatic heterocycles. The van der Waals surface area contributed by atoms with E-state index in [0.29, 0.717) is 25.1 Å². The smallest absolute Gasteiger partial charge is 0.311 e. The SMILES string of the molecule is CC1(C(=O)O)CCCN(c2ccc([N+](=O)[O-])cc2C#N)C1. The Morgan fingerprint density at radius 2 is 2.29 bits per heavy atom. The lowest BCUT2D eigenvalue weighted by Gasteiger charge is -2.39. The maximum Gasteiger partial charge on any atom is 0.311 e. The number of nitro benzene ring substituents is 1. The van der Waals surface area contributed by atoms with E-state index >= 15 is 0 Å². The Balaban J connectivity index is 2.36. The van der Waals surface area contributed by atoms with Crippen LogP contribution in [0.25, 0.3) is 0 Å². The number of carboxylic acid groups (broad SMARTS) is 1. The summed E-state index contributed by atoms with van der Waals surface area (Å²) in [4.78, 5) is 23.4. The van der Waals surface area contributed by atoms with Gasteiger partial charge in [-0.05, 0) is 25.8 Å². The van der Waals surface area contributed by atoms with Crippen molar-refractivity contribution in [3.8, 4) is 6.07 Å². The summed E-state index contributed by atoms with van der Waals surface area (Å²) in [5, 5.41) is 29.3. The number of anilines is 1. The third-order valence-corrected chi connectivity index (χ3v) is 3.86. The molecule has 0 saturated carbocycles. The second-order valence-corrected chi connectivity index (χ2v) is 5.46. The van der Waals surface area contributed by atoms with Crippen LogP contribution >= 0.6 is 0 Å². The molecule has 1 N–H and O–H groups in total. The third kappa shape index (κ3) is 2.79. The number of carboxylic acids is 1. The minimum Gasteiger partial charge on any atom is -0.481 e. The van der Waals surface area contributed by atoms with Crippen LogP contribution in [0.4, 0.5) is 11.4 Å². The lowest BCUT2D eigenvalue weighted by atomic mass is 9.81. The number of nitro groups is 1. The van der Waals surface area contributed by atoms with Crippen molar-refractivity contribution in [1.82, 2.24) is 0 Å². The van der Waals surface area contributed by atoms with Gasteiger partial charge in [-0.3, -0.25) is 14.9 Å². The standard InChI is InChI=1S/C14H15N3O4/c1-14(13(18)19)5-2-6-16(9-14)12-4-3-11(17(20)21)7-10(12)8-15/h3-4,7H,2,5-6,9H2,1H3,(H,18,19). The summed E-state index contributed by atoms with van der Waals surface area (Å²) in [6.45, 7) is 2.60. The number of piperidine rings is 1. The van der Waals surface area contributed by atoms with Gasteiger partial charge in [-0.1, -0.05) is 0 Å². The van der Waals surface area contributed by atoms with Gasteiger partial charge in [0.05, 0.1) is 21.6 Å². The van der Waals surface area contributed by atoms with Crippen LogP contribution in [0, 0.1) is 26.9 Å². The van der Waals surface area contributed by atoms with Crippen molar-refractivity contribution < 1.29 is 14.8 Å². The van der Waals surface area contributed by atoms with Crippen molar-refractivity contribution in [3.63, 3.8) is 0 Å². The maximum absolute atomic E-state index is 11.4. The molecule has 1 heterocycles. The highest BCUT2D eigenvalue weighted by atomic mass is 16.6. The van der Waals surface area contributed by atoms with E-state index < -0.39 is 16.3 Å². The monoisotopic (exact) mass is 289 g/mol. The van der Waals surface area contributed by atoms with Gasteiger partial charge in [0.1, 0.15) is 6.07 Å². The average molecular weight is 289 g/mol. The molecule has 1 unspecified atom stereocenters. The van der Waals surface area contributed by atoms with Gasteiger partial charge in [0.2, 0.25) is 0 Å². The van der Waals surface area contributed by atoms with Gasteiger partial charge in [-0.15, -0.1) is 0 Å². The number of rotatable bonds is 3. The van der Waals surface area contributed by atoms with Gasteiger partial charge in [-0.25, -0.2) is 0 Å². The van der Waals surface area contributed by atoms with Crippen LogP contribution in [0.3, 0.4) is 0 Å². The second-order valence-electron chi connectivity index (χ2n) is 5.46. The van der Waals surface area contributed by atoms with Crippen molar-refractivity contribution in [2.45, 2.75) is 19.8 Å². The van der Waals surface area contributed by atoms with Crippen LogP contribution in [0.2, 0.25) is 0 Å². The second kappa shape index (κ2) is 5.40. The predicted molar refractivity (Wildman–Crippen MR) is 75.0 cm³/mol. The molecule has 7 heteroatoms. The van der Waals surface area contributed by atoms with E-state index in [-0.39, 0.29) is 17.8 Å². The lowest BCUT2D eigenvalue weighted by molar-refractivity contribution is -0.384. The molecule has 1 aromatic rings. The summed E-state index contributed by atoms with van der Waals surface area (Å²) in [5.41, 5.74) is -0.269. The molecule has 1 atom stereocenters. The third-order valence-electron chi connectivity index (χ3n) is 3.86. The van der Waals surface area contributed by atoms with Crippen LogP contribution in [-0.2, 0) is 4.79 Å². The fourth-order valence-electron chi connectivity index (χ4n) is 2.62. The van der Waals surface area contributed by atoms with E-state index in [0.717, 1.165) is 0 Å². The molecular weight excluding hydrogens is 274 g/mol. The largest absolute Gasteiger partial charge is 0.481 e. The van der Waals surface area contributed by atoms with E-state index in [1.807, 2.05) is 11.0 Å². The molecule has 2 rings (SSSR count). The molecule has 0 aliphatic carbocycles. The number of nitrogens with zero attached hydrogens (tertiary/aromatic N) is 3. The molecular formula is C14H15N3O4. The fraction of sp³-hybridized carbons (Fsp3) is 0.429. The van der Waals surface area contributed by atoms with Gasteiger partial charge in [-0.2, -0.15) is 5.26 Å². The van der Waals surface area contributed by atoms with Gasteiger partial charge >= 0.3 is 5.97 Å². The van der Waals surface area contributed by atoms with E-state index in [1.54, 1.807) is 6.92 Å². The number of benzene rings is 1. The molecule has 1 saturated heterocycles. The first-order chi connectivity index (χ1) is 9.87. The molecule has 21 heavy (non-hydrogen) atoms. The van der Waals surface area contributed by atoms with Gasteiger partial charge in [0.15, 0.2) is 0 Å². The Labute approximate surface area is 121 Å². The van der Waals surface area contributed by atoms with Crippen molar-refractivity contribution in [2.24, 2.45) is 5.41 Å². The highest BCUT2D eigenvalue weighted by Gasteiger charge is 2.38. The number of nitriles is 1. The molecule has 0 amide bonds. The molecule has 0 aromatic heterocycles. The summed E-state index contributed by atoms with van der Waals surface area (Å²) in [6.07, 6.45) is 1.28. The number of carbonyl (C=O) groups is 1. The zero-order valence-electron chi connectivity index (χ0n) is 11.6. The molecule has 0 spiro atoms. The highest BCUT2D eigenvalue weighted by Crippen LogP contribution is 2.34. The molecule has 110 valence electrons. The van der Waals surface area contributed by atoms with E-state index in [1.165, 1.54) is 18.2 Å². The lowest BCUT2D eigenvalue weighted by Crippen LogP contribution is -2.46. The quantitative estimate of drug-likeness (QED) is 0.674. The van der Waals surface area contributed by atoms with Crippen molar-refractivity contribution in [2.75, 3.05) is 18.0 Å². The summed E-state index contributed by atoms with van der Waals surface area (Å²) in [7, 11) is 0. The summed E-state index contributed by atoms with van der Waals surface area (Å²) in [5.74, 6) is -0.868. The Bertz CT molecular complexity index is 638. The maximum atomic E-state index is 11.4. The summed E-state index contributed by atoms with van der Waals surface area (Å²) < 4.78 is 0. The van der Waals surface area contributed by atoms with Gasteiger partial charge in [0, 0.05) is 25.2 Å². The fourth-order valence-corrected chi connectivity index (χ4v) is 2.62. The van der Waals surface area contributed by atoms with Crippen molar-refractivity contribution in [1.29, 1.82) is 5.26 Å². The predicted octanol–water partition coefficient (Wildman–Crippen LogP) is 2.16. The zero-order valence-corrected chi connectivity index (χ0v) is 11.6. The van der Waals surface area contributed by atoms with Crippen molar-refractivity contribution >= 4 is 17.3 Å². The molecule has 0 bridgehead atoms. The van der Waals surface area contributed by atoms with Gasteiger partial charge < -0.3 is 10.0 Å². The molecule has 7 nitrogen and oxygen atoms in total. The zero-order chi connectivity index (χ0) is 15.6. The Morgan fingerprint density at radius 1 is 1.57 bits per heavy atom. The summed E-state index contributed by atoms with van der Waals surface area (Å²) in [6, 6.07) is 6.03. The normalized spacial score (nSPS) is 21.6. The van der Waals surface area contributed by atoms with Crippen LogP contribution in [0.5, 0.6) is 0 Å². The first kappa shape index (κ1) is 14.8. The Hall–Kier alpha value is -2.62. The molecule has 1 aromatic carbocycles. The van der Waals surface area contributed by atoms with Crippen LogP contribution < -0.4 is 4.90 Å². The minimum atomic E-state index is -0.868. The van der Waals surface area contributed by atoms with E-state index in [9.17, 15) is 25.3 Å². The Morgan fingerprint density at radius 3 is 2.86 bits per heavy atom. The van der Waals surface area contributed by atoms with E-state index in [4.69, 9.17) is 0 Å². The average Bonchev–Trinajstić information content (AvgIpc) is 2.46. The van der Waals surface area contributed by atoms with Crippen LogP contribution in [-0.4, -0.2) is 29.1 Å². The first-order valence-electron chi connectivity index (χ1n) is 6.54. The first-order valence-corrected chi connectivity index (χ1v) is 6.54. The summed E-state index contributed by atoms with van der Waals surface area (Å²) >= 11 is 0. The number of non-ortho nitro benzene ring substituents is 1. The number of hydrogen-bond donors (Lipinski definition) is 1.